The standard InChI is InChI=1S/C11H11F3N4/c12-11(13,14)8-2-4-18-9(5-8)16-10(17-18)7-1-3-15-6-7/h2,4-5,7,15H,1,3,6H2. The summed E-state index contributed by atoms with van der Waals surface area (Å²) in [4.78, 5) is 4.18. The summed E-state index contributed by atoms with van der Waals surface area (Å²) < 4.78 is 39.1. The van der Waals surface area contributed by atoms with Gasteiger partial charge in [0.1, 0.15) is 0 Å². The summed E-state index contributed by atoms with van der Waals surface area (Å²) >= 11 is 0. The Kier molecular flexibility index (Phi) is 2.51. The van der Waals surface area contributed by atoms with Crippen molar-refractivity contribution in [2.75, 3.05) is 13.1 Å². The van der Waals surface area contributed by atoms with E-state index < -0.39 is 11.7 Å². The highest BCUT2D eigenvalue weighted by molar-refractivity contribution is 5.41. The van der Waals surface area contributed by atoms with E-state index >= 15 is 0 Å². The summed E-state index contributed by atoms with van der Waals surface area (Å²) in [5.74, 6) is 0.804. The molecule has 96 valence electrons. The van der Waals surface area contributed by atoms with Gasteiger partial charge in [0.15, 0.2) is 11.5 Å². The summed E-state index contributed by atoms with van der Waals surface area (Å²) in [5, 5.41) is 7.40. The van der Waals surface area contributed by atoms with Crippen LogP contribution in [0.3, 0.4) is 0 Å². The number of hydrogen-bond donors (Lipinski definition) is 1. The lowest BCUT2D eigenvalue weighted by atomic mass is 10.1. The predicted molar refractivity (Wildman–Crippen MR) is 58.2 cm³/mol. The molecular weight excluding hydrogens is 245 g/mol. The number of aromatic nitrogens is 3. The molecule has 2 aromatic heterocycles. The Morgan fingerprint density at radius 3 is 2.89 bits per heavy atom. The smallest absolute Gasteiger partial charge is 0.316 e. The zero-order valence-corrected chi connectivity index (χ0v) is 9.41. The lowest BCUT2D eigenvalue weighted by molar-refractivity contribution is -0.137. The second-order valence-corrected chi connectivity index (χ2v) is 4.38. The number of hydrogen-bond acceptors (Lipinski definition) is 3. The van der Waals surface area contributed by atoms with Crippen LogP contribution >= 0.6 is 0 Å². The molecule has 0 amide bonds. The fourth-order valence-electron chi connectivity index (χ4n) is 2.12. The summed E-state index contributed by atoms with van der Waals surface area (Å²) in [6, 6.07) is 2.04. The third-order valence-corrected chi connectivity index (χ3v) is 3.11. The van der Waals surface area contributed by atoms with Crippen LogP contribution in [0.2, 0.25) is 0 Å². The van der Waals surface area contributed by atoms with Crippen LogP contribution in [0.1, 0.15) is 23.7 Å². The number of halogens is 3. The Morgan fingerprint density at radius 1 is 1.39 bits per heavy atom. The molecule has 1 fully saturated rings. The molecule has 0 bridgehead atoms. The second-order valence-electron chi connectivity index (χ2n) is 4.38. The first-order valence-corrected chi connectivity index (χ1v) is 5.68. The minimum Gasteiger partial charge on any atom is -0.316 e. The van der Waals surface area contributed by atoms with Crippen molar-refractivity contribution in [3.05, 3.63) is 29.7 Å². The second kappa shape index (κ2) is 3.94. The lowest BCUT2D eigenvalue weighted by Crippen LogP contribution is -2.08. The largest absolute Gasteiger partial charge is 0.416 e. The number of fused-ring (bicyclic) bond motifs is 1. The van der Waals surface area contributed by atoms with Gasteiger partial charge in [0.25, 0.3) is 0 Å². The lowest BCUT2D eigenvalue weighted by Gasteiger charge is -2.05. The van der Waals surface area contributed by atoms with Gasteiger partial charge in [-0.2, -0.15) is 18.3 Å². The zero-order valence-electron chi connectivity index (χ0n) is 9.41. The molecule has 0 aromatic carbocycles. The highest BCUT2D eigenvalue weighted by Gasteiger charge is 2.31. The molecule has 0 spiro atoms. The van der Waals surface area contributed by atoms with E-state index in [0.717, 1.165) is 31.6 Å². The normalized spacial score (nSPS) is 20.7. The van der Waals surface area contributed by atoms with E-state index in [1.165, 1.54) is 10.7 Å². The SMILES string of the molecule is FC(F)(F)c1ccn2nc(C3CCNC3)nc2c1. The minimum atomic E-state index is -4.34. The first kappa shape index (κ1) is 11.5. The van der Waals surface area contributed by atoms with Crippen molar-refractivity contribution in [2.45, 2.75) is 18.5 Å². The van der Waals surface area contributed by atoms with Crippen molar-refractivity contribution in [3.8, 4) is 0 Å². The van der Waals surface area contributed by atoms with Crippen LogP contribution in [0.15, 0.2) is 18.3 Å². The highest BCUT2D eigenvalue weighted by atomic mass is 19.4. The number of rotatable bonds is 1. The third-order valence-electron chi connectivity index (χ3n) is 3.11. The molecule has 18 heavy (non-hydrogen) atoms. The van der Waals surface area contributed by atoms with E-state index in [9.17, 15) is 13.2 Å². The van der Waals surface area contributed by atoms with Crippen LogP contribution in [0, 0.1) is 0 Å². The van der Waals surface area contributed by atoms with Crippen molar-refractivity contribution in [2.24, 2.45) is 0 Å². The van der Waals surface area contributed by atoms with E-state index in [4.69, 9.17) is 0 Å². The van der Waals surface area contributed by atoms with Gasteiger partial charge in [-0.05, 0) is 25.1 Å². The van der Waals surface area contributed by atoms with Crippen LogP contribution in [0.4, 0.5) is 13.2 Å². The molecule has 1 saturated heterocycles. The van der Waals surface area contributed by atoms with Crippen LogP contribution in [0.5, 0.6) is 0 Å². The van der Waals surface area contributed by atoms with Crippen LogP contribution < -0.4 is 5.32 Å². The number of alkyl halides is 3. The topological polar surface area (TPSA) is 42.2 Å². The van der Waals surface area contributed by atoms with Crippen LogP contribution in [-0.2, 0) is 6.18 Å². The number of nitrogens with one attached hydrogen (secondary N) is 1. The first-order chi connectivity index (χ1) is 8.54. The summed E-state index contributed by atoms with van der Waals surface area (Å²) in [5.41, 5.74) is -0.453. The van der Waals surface area contributed by atoms with Crippen molar-refractivity contribution in [1.82, 2.24) is 19.9 Å². The molecule has 7 heteroatoms. The Bertz CT molecular complexity index is 569. The molecule has 1 N–H and O–H groups in total. The minimum absolute atomic E-state index is 0.194. The van der Waals surface area contributed by atoms with Gasteiger partial charge in [-0.15, -0.1) is 0 Å². The molecule has 0 radical (unpaired) electrons. The Hall–Kier alpha value is -1.63. The molecule has 1 atom stereocenters. The molecule has 2 aromatic rings. The Labute approximate surface area is 101 Å². The van der Waals surface area contributed by atoms with Crippen LogP contribution in [0.25, 0.3) is 5.65 Å². The Morgan fingerprint density at radius 2 is 2.22 bits per heavy atom. The summed E-state index contributed by atoms with van der Waals surface area (Å²) in [6.45, 7) is 1.68. The van der Waals surface area contributed by atoms with E-state index in [0.29, 0.717) is 5.82 Å². The van der Waals surface area contributed by atoms with Gasteiger partial charge < -0.3 is 5.32 Å². The quantitative estimate of drug-likeness (QED) is 0.846. The average Bonchev–Trinajstić information content (AvgIpc) is 2.95. The molecule has 3 rings (SSSR count). The molecule has 0 aliphatic carbocycles. The van der Waals surface area contributed by atoms with Gasteiger partial charge in [-0.25, -0.2) is 9.50 Å². The maximum Gasteiger partial charge on any atom is 0.416 e. The number of pyridine rings is 1. The maximum absolute atomic E-state index is 12.6. The summed E-state index contributed by atoms with van der Waals surface area (Å²) in [6.07, 6.45) is -2.12. The monoisotopic (exact) mass is 256 g/mol. The third kappa shape index (κ3) is 1.94. The molecule has 4 nitrogen and oxygen atoms in total. The molecule has 0 saturated carbocycles. The Balaban J connectivity index is 2.01. The maximum atomic E-state index is 12.6. The molecule has 1 aliphatic heterocycles. The molecule has 1 aliphatic rings. The molecule has 1 unspecified atom stereocenters. The van der Waals surface area contributed by atoms with Gasteiger partial charge in [-0.1, -0.05) is 0 Å². The molecule has 3 heterocycles. The number of nitrogens with zero attached hydrogens (tertiary/aromatic N) is 3. The fraction of sp³-hybridized carbons (Fsp3) is 0.455. The highest BCUT2D eigenvalue weighted by Crippen LogP contribution is 2.29. The summed E-state index contributed by atoms with van der Waals surface area (Å²) in [7, 11) is 0. The van der Waals surface area contributed by atoms with Gasteiger partial charge in [-0.3, -0.25) is 0 Å². The fourth-order valence-corrected chi connectivity index (χ4v) is 2.12. The van der Waals surface area contributed by atoms with Crippen molar-refractivity contribution in [1.29, 1.82) is 0 Å². The van der Waals surface area contributed by atoms with Gasteiger partial charge in [0.2, 0.25) is 0 Å². The zero-order chi connectivity index (χ0) is 12.8. The van der Waals surface area contributed by atoms with Crippen molar-refractivity contribution in [3.63, 3.8) is 0 Å². The van der Waals surface area contributed by atoms with Crippen molar-refractivity contribution >= 4 is 5.65 Å². The van der Waals surface area contributed by atoms with E-state index in [1.807, 2.05) is 0 Å². The predicted octanol–water partition coefficient (Wildman–Crippen LogP) is 1.82. The van der Waals surface area contributed by atoms with E-state index in [1.54, 1.807) is 0 Å². The van der Waals surface area contributed by atoms with Crippen molar-refractivity contribution < 1.29 is 13.2 Å². The van der Waals surface area contributed by atoms with Gasteiger partial charge in [0, 0.05) is 18.7 Å². The molecular formula is C11H11F3N4. The van der Waals surface area contributed by atoms with Crippen LogP contribution in [-0.4, -0.2) is 27.7 Å². The average molecular weight is 256 g/mol. The van der Waals surface area contributed by atoms with E-state index in [-0.39, 0.29) is 11.6 Å². The van der Waals surface area contributed by atoms with Gasteiger partial charge in [0.05, 0.1) is 5.56 Å². The first-order valence-electron chi connectivity index (χ1n) is 5.68. The van der Waals surface area contributed by atoms with Gasteiger partial charge >= 0.3 is 6.18 Å². The van der Waals surface area contributed by atoms with E-state index in [2.05, 4.69) is 15.4 Å².